The Bertz CT molecular complexity index is 1260. The van der Waals surface area contributed by atoms with Gasteiger partial charge < -0.3 is 25.4 Å². The number of likely N-dealkylation sites (N-methyl/N-ethyl adjacent to an activating group) is 1. The number of nitrogens with zero attached hydrogens (tertiary/aromatic N) is 2. The zero-order valence-electron chi connectivity index (χ0n) is 17.4. The molecule has 0 fully saturated rings. The molecule has 7 nitrogen and oxygen atoms in total. The number of hydrogen-bond acceptors (Lipinski definition) is 5. The molecule has 0 spiro atoms. The molecule has 1 amide bonds. The summed E-state index contributed by atoms with van der Waals surface area (Å²) in [6.45, 7) is 1.40. The number of H-pyrrole nitrogens is 1. The van der Waals surface area contributed by atoms with E-state index in [9.17, 15) is 15.0 Å². The van der Waals surface area contributed by atoms with Crippen molar-refractivity contribution in [2.75, 3.05) is 34.2 Å². The van der Waals surface area contributed by atoms with Crippen LogP contribution in [0.5, 0.6) is 11.5 Å². The Kier molecular flexibility index (Phi) is 5.32. The second-order valence-corrected chi connectivity index (χ2v) is 7.84. The quantitative estimate of drug-likeness (QED) is 0.473. The maximum atomic E-state index is 12.4. The van der Waals surface area contributed by atoms with E-state index in [2.05, 4.69) is 20.2 Å². The Hall–Kier alpha value is -3.16. The lowest BCUT2D eigenvalue weighted by Gasteiger charge is -2.12. The van der Waals surface area contributed by atoms with Crippen LogP contribution in [-0.2, 0) is 11.2 Å². The van der Waals surface area contributed by atoms with E-state index in [1.54, 1.807) is 24.3 Å². The molecule has 0 atom stereocenters. The molecule has 4 N–H and O–H groups in total. The highest BCUT2D eigenvalue weighted by Gasteiger charge is 2.23. The van der Waals surface area contributed by atoms with Crippen molar-refractivity contribution < 1.29 is 15.0 Å². The fourth-order valence-corrected chi connectivity index (χ4v) is 4.05. The average Bonchev–Trinajstić information content (AvgIpc) is 3.23. The van der Waals surface area contributed by atoms with E-state index < -0.39 is 0 Å². The minimum atomic E-state index is -0.296. The first kappa shape index (κ1) is 20.1. The second-order valence-electron chi connectivity index (χ2n) is 7.84. The molecule has 1 aromatic heterocycles. The fraction of sp³-hybridized carbons (Fsp3) is 0.304. The summed E-state index contributed by atoms with van der Waals surface area (Å²) in [5.74, 6) is -0.0453. The zero-order valence-corrected chi connectivity index (χ0v) is 17.4. The number of nitrogens with one attached hydrogen (secondary N) is 2. The summed E-state index contributed by atoms with van der Waals surface area (Å²) >= 11 is 0. The largest absolute Gasteiger partial charge is 0.507 e. The predicted octanol–water partition coefficient (Wildman–Crippen LogP) is 1.27. The molecule has 0 saturated heterocycles. The maximum Gasteiger partial charge on any atom is 0.274 e. The molecule has 2 heterocycles. The van der Waals surface area contributed by atoms with Crippen LogP contribution in [-0.4, -0.2) is 60.2 Å². The molecule has 0 unspecified atom stereocenters. The molecule has 1 aliphatic heterocycles. The lowest BCUT2D eigenvalue weighted by molar-refractivity contribution is -0.112. The van der Waals surface area contributed by atoms with Crippen molar-refractivity contribution in [3.05, 3.63) is 46.5 Å². The van der Waals surface area contributed by atoms with Crippen LogP contribution in [0.4, 0.5) is 0 Å². The molecule has 30 heavy (non-hydrogen) atoms. The van der Waals surface area contributed by atoms with Crippen molar-refractivity contribution >= 4 is 22.4 Å². The summed E-state index contributed by atoms with van der Waals surface area (Å²) in [6, 6.07) is 8.92. The molecule has 4 rings (SSSR count). The minimum absolute atomic E-state index is 0.0466. The first-order valence-electron chi connectivity index (χ1n) is 10.0. The number of phenolic OH excluding ortho intramolecular Hbond substituents is 2. The molecule has 0 radical (unpaired) electrons. The molecule has 156 valence electrons. The van der Waals surface area contributed by atoms with Crippen LogP contribution in [0.25, 0.3) is 27.7 Å². The summed E-state index contributed by atoms with van der Waals surface area (Å²) in [4.78, 5) is 21.9. The SMILES string of the molecule is CNCCC1=c2c(O)c(-c3[nH]c4cccc(O)c4c3CCN(C)C)ccc2=NC1=O. The Morgan fingerprint density at radius 2 is 1.93 bits per heavy atom. The number of phenols is 2. The Morgan fingerprint density at radius 1 is 1.13 bits per heavy atom. The van der Waals surface area contributed by atoms with Crippen LogP contribution < -0.4 is 15.9 Å². The van der Waals surface area contributed by atoms with Gasteiger partial charge in [0.15, 0.2) is 0 Å². The Balaban J connectivity index is 1.97. The molecule has 7 heteroatoms. The van der Waals surface area contributed by atoms with Crippen molar-refractivity contribution in [1.29, 1.82) is 0 Å². The van der Waals surface area contributed by atoms with Crippen LogP contribution in [0.3, 0.4) is 0 Å². The smallest absolute Gasteiger partial charge is 0.274 e. The van der Waals surface area contributed by atoms with Crippen molar-refractivity contribution in [2.45, 2.75) is 12.8 Å². The number of aromatic nitrogens is 1. The van der Waals surface area contributed by atoms with Crippen LogP contribution >= 0.6 is 0 Å². The summed E-state index contributed by atoms with van der Waals surface area (Å²) in [5.41, 5.74) is 3.61. The zero-order chi connectivity index (χ0) is 21.4. The second kappa shape index (κ2) is 7.93. The van der Waals surface area contributed by atoms with Gasteiger partial charge in [0, 0.05) is 28.6 Å². The number of aromatic amines is 1. The van der Waals surface area contributed by atoms with E-state index >= 15 is 0 Å². The molecular formula is C23H26N4O3. The highest BCUT2D eigenvalue weighted by atomic mass is 16.3. The normalized spacial score (nSPS) is 13.3. The third kappa shape index (κ3) is 3.36. The lowest BCUT2D eigenvalue weighted by atomic mass is 9.99. The third-order valence-electron chi connectivity index (χ3n) is 5.55. The first-order chi connectivity index (χ1) is 14.4. The molecule has 0 bridgehead atoms. The highest BCUT2D eigenvalue weighted by molar-refractivity contribution is 6.16. The third-order valence-corrected chi connectivity index (χ3v) is 5.55. The van der Waals surface area contributed by atoms with Gasteiger partial charge in [0.25, 0.3) is 5.91 Å². The van der Waals surface area contributed by atoms with Crippen molar-refractivity contribution in [2.24, 2.45) is 4.99 Å². The topological polar surface area (TPSA) is 101 Å². The number of benzene rings is 2. The Morgan fingerprint density at radius 3 is 2.67 bits per heavy atom. The van der Waals surface area contributed by atoms with Crippen molar-refractivity contribution in [3.8, 4) is 22.8 Å². The summed E-state index contributed by atoms with van der Waals surface area (Å²) < 4.78 is 0. The fourth-order valence-electron chi connectivity index (χ4n) is 4.05. The van der Waals surface area contributed by atoms with Gasteiger partial charge in [0.1, 0.15) is 11.5 Å². The van der Waals surface area contributed by atoms with E-state index in [-0.39, 0.29) is 17.4 Å². The summed E-state index contributed by atoms with van der Waals surface area (Å²) in [6.07, 6.45) is 1.18. The minimum Gasteiger partial charge on any atom is -0.507 e. The summed E-state index contributed by atoms with van der Waals surface area (Å²) in [5, 5.41) is 26.5. The molecular weight excluding hydrogens is 380 g/mol. The number of carbonyl (C=O) groups excluding carboxylic acids is 1. The van der Waals surface area contributed by atoms with Gasteiger partial charge in [-0.1, -0.05) is 6.07 Å². The average molecular weight is 406 g/mol. The van der Waals surface area contributed by atoms with Gasteiger partial charge in [-0.25, -0.2) is 4.99 Å². The van der Waals surface area contributed by atoms with Crippen LogP contribution in [0, 0.1) is 0 Å². The van der Waals surface area contributed by atoms with E-state index in [0.717, 1.165) is 28.7 Å². The van der Waals surface area contributed by atoms with E-state index in [1.165, 1.54) is 0 Å². The summed E-state index contributed by atoms with van der Waals surface area (Å²) in [7, 11) is 5.82. The van der Waals surface area contributed by atoms with E-state index in [0.29, 0.717) is 41.1 Å². The number of rotatable bonds is 7. The van der Waals surface area contributed by atoms with Gasteiger partial charge in [-0.2, -0.15) is 0 Å². The van der Waals surface area contributed by atoms with Crippen LogP contribution in [0.1, 0.15) is 12.0 Å². The molecule has 1 aliphatic rings. The Labute approximate surface area is 174 Å². The molecule has 0 saturated carbocycles. The number of hydrogen-bond donors (Lipinski definition) is 4. The number of aromatic hydroxyl groups is 2. The van der Waals surface area contributed by atoms with E-state index in [1.807, 2.05) is 27.2 Å². The number of amides is 1. The van der Waals surface area contributed by atoms with E-state index in [4.69, 9.17) is 0 Å². The molecule has 0 aliphatic carbocycles. The van der Waals surface area contributed by atoms with Crippen LogP contribution in [0.2, 0.25) is 0 Å². The van der Waals surface area contributed by atoms with Gasteiger partial charge >= 0.3 is 0 Å². The highest BCUT2D eigenvalue weighted by Crippen LogP contribution is 2.38. The predicted molar refractivity (Wildman–Crippen MR) is 117 cm³/mol. The van der Waals surface area contributed by atoms with Gasteiger partial charge in [-0.3, -0.25) is 4.79 Å². The number of carbonyl (C=O) groups is 1. The van der Waals surface area contributed by atoms with Gasteiger partial charge in [-0.05, 0) is 70.4 Å². The van der Waals surface area contributed by atoms with Gasteiger partial charge in [0.2, 0.25) is 0 Å². The van der Waals surface area contributed by atoms with Gasteiger partial charge in [0.05, 0.1) is 16.3 Å². The first-order valence-corrected chi connectivity index (χ1v) is 10.0. The monoisotopic (exact) mass is 406 g/mol. The van der Waals surface area contributed by atoms with Gasteiger partial charge in [-0.15, -0.1) is 0 Å². The lowest BCUT2D eigenvalue weighted by Crippen LogP contribution is -2.25. The molecule has 2 aromatic carbocycles. The van der Waals surface area contributed by atoms with Crippen LogP contribution in [0.15, 0.2) is 35.3 Å². The van der Waals surface area contributed by atoms with Crippen molar-refractivity contribution in [1.82, 2.24) is 15.2 Å². The number of fused-ring (bicyclic) bond motifs is 2. The van der Waals surface area contributed by atoms with Crippen molar-refractivity contribution in [3.63, 3.8) is 0 Å². The molecule has 3 aromatic rings. The maximum absolute atomic E-state index is 12.4. The standard InChI is InChI=1S/C23H26N4O3/c1-24-11-9-14-20-17(26-23(14)30)8-7-15(22(20)29)21-13(10-12-27(2)3)19-16(25-21)5-4-6-18(19)28/h4-8,24-25,28-29H,9-12H2,1-3H3.